The summed E-state index contributed by atoms with van der Waals surface area (Å²) in [7, 11) is 0. The Hall–Kier alpha value is -2.10. The first-order valence-electron chi connectivity index (χ1n) is 6.29. The van der Waals surface area contributed by atoms with Crippen LogP contribution in [0.4, 0.5) is 4.39 Å². The lowest BCUT2D eigenvalue weighted by Gasteiger charge is -2.11. The monoisotopic (exact) mass is 260 g/mol. The molecular weight excluding hydrogens is 247 g/mol. The minimum atomic E-state index is -0.417. The average molecular weight is 260 g/mol. The molecule has 1 aromatic carbocycles. The van der Waals surface area contributed by atoms with E-state index in [2.05, 4.69) is 0 Å². The van der Waals surface area contributed by atoms with Crippen molar-refractivity contribution in [3.8, 4) is 5.75 Å². The lowest BCUT2D eigenvalue weighted by Crippen LogP contribution is -2.07. The van der Waals surface area contributed by atoms with Gasteiger partial charge in [-0.05, 0) is 49.1 Å². The van der Waals surface area contributed by atoms with Gasteiger partial charge in [-0.2, -0.15) is 0 Å². The smallest absolute Gasteiger partial charge is 0.232 e. The van der Waals surface area contributed by atoms with E-state index in [9.17, 15) is 9.18 Å². The van der Waals surface area contributed by atoms with Crippen LogP contribution in [0.5, 0.6) is 5.75 Å². The highest BCUT2D eigenvalue weighted by molar-refractivity contribution is 6.09. The van der Waals surface area contributed by atoms with Gasteiger partial charge in [-0.1, -0.05) is 0 Å². The summed E-state index contributed by atoms with van der Waals surface area (Å²) in [4.78, 5) is 12.3. The molecule has 3 rings (SSSR count). The third kappa shape index (κ3) is 2.26. The van der Waals surface area contributed by atoms with Crippen molar-refractivity contribution in [3.05, 3.63) is 53.2 Å². The van der Waals surface area contributed by atoms with Gasteiger partial charge in [0.25, 0.3) is 0 Å². The highest BCUT2D eigenvalue weighted by atomic mass is 19.1. The van der Waals surface area contributed by atoms with Gasteiger partial charge < -0.3 is 9.15 Å². The van der Waals surface area contributed by atoms with Crippen molar-refractivity contribution in [2.45, 2.75) is 19.3 Å². The van der Waals surface area contributed by atoms with Gasteiger partial charge in [-0.25, -0.2) is 4.39 Å². The fourth-order valence-electron chi connectivity index (χ4n) is 2.31. The summed E-state index contributed by atoms with van der Waals surface area (Å²) in [6.07, 6.45) is 3.99. The van der Waals surface area contributed by atoms with Crippen LogP contribution in [-0.4, -0.2) is 12.4 Å². The van der Waals surface area contributed by atoms with E-state index in [0.717, 1.165) is 24.8 Å². The zero-order valence-electron chi connectivity index (χ0n) is 10.3. The number of ether oxygens (including phenoxy) is 1. The van der Waals surface area contributed by atoms with Crippen molar-refractivity contribution in [3.63, 3.8) is 0 Å². The van der Waals surface area contributed by atoms with Gasteiger partial charge in [0, 0.05) is 0 Å². The Kier molecular flexibility index (Phi) is 3.07. The average Bonchev–Trinajstić information content (AvgIpc) is 2.83. The number of fused-ring (bicyclic) bond motifs is 1. The molecule has 98 valence electrons. The zero-order valence-corrected chi connectivity index (χ0v) is 10.3. The third-order valence-corrected chi connectivity index (χ3v) is 3.21. The fourth-order valence-corrected chi connectivity index (χ4v) is 2.31. The van der Waals surface area contributed by atoms with Crippen LogP contribution in [0, 0.1) is 5.82 Å². The van der Waals surface area contributed by atoms with E-state index in [1.807, 2.05) is 0 Å². The second-order valence-electron chi connectivity index (χ2n) is 4.55. The first-order valence-corrected chi connectivity index (χ1v) is 6.29. The molecule has 2 aromatic rings. The van der Waals surface area contributed by atoms with E-state index in [4.69, 9.17) is 9.15 Å². The van der Waals surface area contributed by atoms with Crippen LogP contribution in [0.2, 0.25) is 0 Å². The molecule has 0 amide bonds. The number of aryl methyl sites for hydroxylation is 1. The standard InChI is InChI=1S/C15H13FO3/c16-11-8-10-4-1-2-6-19-15(10)12(9-11)14(17)13-5-3-7-18-13/h3,5,7-9H,1-2,4,6H2. The summed E-state index contributed by atoms with van der Waals surface area (Å²) in [5.74, 6) is -0.0669. The molecule has 1 aromatic heterocycles. The van der Waals surface area contributed by atoms with Gasteiger partial charge >= 0.3 is 0 Å². The van der Waals surface area contributed by atoms with Crippen molar-refractivity contribution in [1.29, 1.82) is 0 Å². The second kappa shape index (κ2) is 4.88. The van der Waals surface area contributed by atoms with Gasteiger partial charge in [0.05, 0.1) is 18.4 Å². The van der Waals surface area contributed by atoms with Crippen molar-refractivity contribution in [1.82, 2.24) is 0 Å². The Bertz CT molecular complexity index is 602. The number of halogens is 1. The molecule has 0 unspecified atom stereocenters. The summed E-state index contributed by atoms with van der Waals surface area (Å²) < 4.78 is 24.4. The number of benzene rings is 1. The molecule has 1 aliphatic heterocycles. The van der Waals surface area contributed by atoms with E-state index < -0.39 is 5.82 Å². The van der Waals surface area contributed by atoms with Crippen LogP contribution < -0.4 is 4.74 Å². The van der Waals surface area contributed by atoms with Crippen LogP contribution in [0.15, 0.2) is 34.9 Å². The highest BCUT2D eigenvalue weighted by Gasteiger charge is 2.22. The van der Waals surface area contributed by atoms with Gasteiger partial charge in [0.15, 0.2) is 5.76 Å². The molecule has 3 nitrogen and oxygen atoms in total. The SMILES string of the molecule is O=C(c1ccco1)c1cc(F)cc2c1OCCCC2. The number of carbonyl (C=O) groups excluding carboxylic acids is 1. The molecule has 0 bridgehead atoms. The number of carbonyl (C=O) groups is 1. The molecule has 0 saturated heterocycles. The molecule has 0 aliphatic carbocycles. The third-order valence-electron chi connectivity index (χ3n) is 3.21. The quantitative estimate of drug-likeness (QED) is 0.777. The Morgan fingerprint density at radius 3 is 2.95 bits per heavy atom. The maximum atomic E-state index is 13.7. The first-order chi connectivity index (χ1) is 9.25. The van der Waals surface area contributed by atoms with Gasteiger partial charge in [0.2, 0.25) is 5.78 Å². The minimum Gasteiger partial charge on any atom is -0.493 e. The summed E-state index contributed by atoms with van der Waals surface area (Å²) >= 11 is 0. The summed E-state index contributed by atoms with van der Waals surface area (Å²) in [5.41, 5.74) is 0.999. The Balaban J connectivity index is 2.10. The maximum Gasteiger partial charge on any atom is 0.232 e. The van der Waals surface area contributed by atoms with Crippen molar-refractivity contribution >= 4 is 5.78 Å². The van der Waals surface area contributed by atoms with Crippen molar-refractivity contribution in [2.24, 2.45) is 0 Å². The highest BCUT2D eigenvalue weighted by Crippen LogP contribution is 2.31. The Morgan fingerprint density at radius 1 is 1.26 bits per heavy atom. The van der Waals surface area contributed by atoms with E-state index >= 15 is 0 Å². The molecule has 0 radical (unpaired) electrons. The Morgan fingerprint density at radius 2 is 2.16 bits per heavy atom. The number of rotatable bonds is 2. The molecule has 0 atom stereocenters. The molecule has 2 heterocycles. The van der Waals surface area contributed by atoms with Gasteiger partial charge in [-0.15, -0.1) is 0 Å². The van der Waals surface area contributed by atoms with Crippen molar-refractivity contribution < 1.29 is 18.3 Å². The number of hydrogen-bond acceptors (Lipinski definition) is 3. The molecule has 0 spiro atoms. The predicted octanol–water partition coefficient (Wildman–Crippen LogP) is 3.36. The lowest BCUT2D eigenvalue weighted by atomic mass is 10.0. The van der Waals surface area contributed by atoms with Crippen LogP contribution in [-0.2, 0) is 6.42 Å². The van der Waals surface area contributed by atoms with Crippen molar-refractivity contribution in [2.75, 3.05) is 6.61 Å². The Labute approximate surface area is 110 Å². The molecule has 19 heavy (non-hydrogen) atoms. The predicted molar refractivity (Wildman–Crippen MR) is 67.0 cm³/mol. The van der Waals surface area contributed by atoms with E-state index in [-0.39, 0.29) is 17.1 Å². The fraction of sp³-hybridized carbons (Fsp3) is 0.267. The topological polar surface area (TPSA) is 39.4 Å². The van der Waals surface area contributed by atoms with Gasteiger partial charge in [0.1, 0.15) is 11.6 Å². The largest absolute Gasteiger partial charge is 0.493 e. The lowest BCUT2D eigenvalue weighted by molar-refractivity contribution is 0.100. The molecule has 4 heteroatoms. The van der Waals surface area contributed by atoms with E-state index in [1.165, 1.54) is 18.4 Å². The summed E-state index contributed by atoms with van der Waals surface area (Å²) in [5, 5.41) is 0. The van der Waals surface area contributed by atoms with Crippen LogP contribution in [0.1, 0.15) is 34.5 Å². The first kappa shape index (κ1) is 12.0. The molecule has 0 fully saturated rings. The molecular formula is C15H13FO3. The summed E-state index contributed by atoms with van der Waals surface area (Å²) in [6, 6.07) is 5.86. The normalized spacial score (nSPS) is 14.4. The minimum absolute atomic E-state index is 0.195. The zero-order chi connectivity index (χ0) is 13.2. The number of hydrogen-bond donors (Lipinski definition) is 0. The number of ketones is 1. The number of furan rings is 1. The molecule has 0 N–H and O–H groups in total. The van der Waals surface area contributed by atoms with Crippen LogP contribution in [0.25, 0.3) is 0 Å². The van der Waals surface area contributed by atoms with Gasteiger partial charge in [-0.3, -0.25) is 4.79 Å². The summed E-state index contributed by atoms with van der Waals surface area (Å²) in [6.45, 7) is 0.553. The molecule has 0 saturated carbocycles. The molecule has 1 aliphatic rings. The van der Waals surface area contributed by atoms with Crippen LogP contribution >= 0.6 is 0 Å². The second-order valence-corrected chi connectivity index (χ2v) is 4.55. The van der Waals surface area contributed by atoms with Crippen LogP contribution in [0.3, 0.4) is 0 Å². The van der Waals surface area contributed by atoms with E-state index in [1.54, 1.807) is 12.1 Å². The van der Waals surface area contributed by atoms with E-state index in [0.29, 0.717) is 12.4 Å². The maximum absolute atomic E-state index is 13.7.